The fourth-order valence-corrected chi connectivity index (χ4v) is 1.67. The van der Waals surface area contributed by atoms with Crippen LogP contribution in [0.2, 0.25) is 0 Å². The zero-order chi connectivity index (χ0) is 11.8. The Kier molecular flexibility index (Phi) is 5.90. The molecule has 0 aliphatic heterocycles. The lowest BCUT2D eigenvalue weighted by Crippen LogP contribution is -2.21. The third kappa shape index (κ3) is 3.83. The lowest BCUT2D eigenvalue weighted by molar-refractivity contribution is 0.292. The van der Waals surface area contributed by atoms with Crippen LogP contribution in [0.4, 0.5) is 0 Å². The molecule has 0 atom stereocenters. The van der Waals surface area contributed by atoms with Crippen molar-refractivity contribution in [3.8, 4) is 5.75 Å². The van der Waals surface area contributed by atoms with Gasteiger partial charge in [0, 0.05) is 6.54 Å². The van der Waals surface area contributed by atoms with Crippen LogP contribution < -0.4 is 10.1 Å². The van der Waals surface area contributed by atoms with Gasteiger partial charge in [-0.25, -0.2) is 0 Å². The molecule has 2 N–H and O–H groups in total. The van der Waals surface area contributed by atoms with Gasteiger partial charge in [0.25, 0.3) is 0 Å². The standard InChI is InChI=1S/C13H21NO2/c1-3-11-4-5-13(16-2)12(10-11)6-7-14-8-9-15/h4-5,10,14-15H,3,6-9H2,1-2H3. The van der Waals surface area contributed by atoms with Crippen LogP contribution in [-0.2, 0) is 12.8 Å². The molecule has 0 amide bonds. The fraction of sp³-hybridized carbons (Fsp3) is 0.538. The number of benzene rings is 1. The van der Waals surface area contributed by atoms with Crippen molar-refractivity contribution in [1.82, 2.24) is 5.32 Å². The van der Waals surface area contributed by atoms with Gasteiger partial charge >= 0.3 is 0 Å². The molecule has 1 aromatic rings. The van der Waals surface area contributed by atoms with Gasteiger partial charge < -0.3 is 15.2 Å². The van der Waals surface area contributed by atoms with E-state index in [4.69, 9.17) is 9.84 Å². The number of aliphatic hydroxyl groups is 1. The number of aliphatic hydroxyl groups excluding tert-OH is 1. The molecular weight excluding hydrogens is 202 g/mol. The summed E-state index contributed by atoms with van der Waals surface area (Å²) >= 11 is 0. The van der Waals surface area contributed by atoms with Gasteiger partial charge in [-0.2, -0.15) is 0 Å². The smallest absolute Gasteiger partial charge is 0.122 e. The van der Waals surface area contributed by atoms with Gasteiger partial charge in [-0.05, 0) is 36.6 Å². The summed E-state index contributed by atoms with van der Waals surface area (Å²) in [6.45, 7) is 3.85. The highest BCUT2D eigenvalue weighted by atomic mass is 16.5. The van der Waals surface area contributed by atoms with Crippen LogP contribution in [0.1, 0.15) is 18.1 Å². The third-order valence-electron chi connectivity index (χ3n) is 2.61. The first-order valence-electron chi connectivity index (χ1n) is 5.79. The van der Waals surface area contributed by atoms with E-state index in [0.717, 1.165) is 25.1 Å². The Hall–Kier alpha value is -1.06. The number of ether oxygens (including phenoxy) is 1. The highest BCUT2D eigenvalue weighted by Crippen LogP contribution is 2.20. The summed E-state index contributed by atoms with van der Waals surface area (Å²) < 4.78 is 5.32. The van der Waals surface area contributed by atoms with Gasteiger partial charge in [-0.15, -0.1) is 0 Å². The van der Waals surface area contributed by atoms with Crippen molar-refractivity contribution in [2.45, 2.75) is 19.8 Å². The molecule has 0 unspecified atom stereocenters. The highest BCUT2D eigenvalue weighted by Gasteiger charge is 2.03. The van der Waals surface area contributed by atoms with Crippen molar-refractivity contribution >= 4 is 0 Å². The molecule has 0 aliphatic carbocycles. The molecule has 16 heavy (non-hydrogen) atoms. The molecule has 0 fully saturated rings. The maximum atomic E-state index is 8.66. The van der Waals surface area contributed by atoms with E-state index in [9.17, 15) is 0 Å². The molecule has 1 rings (SSSR count). The molecule has 0 aliphatic rings. The minimum atomic E-state index is 0.187. The normalized spacial score (nSPS) is 10.4. The molecule has 3 nitrogen and oxygen atoms in total. The summed E-state index contributed by atoms with van der Waals surface area (Å²) in [7, 11) is 1.70. The zero-order valence-corrected chi connectivity index (χ0v) is 10.1. The monoisotopic (exact) mass is 223 g/mol. The van der Waals surface area contributed by atoms with Crippen molar-refractivity contribution in [3.63, 3.8) is 0 Å². The Morgan fingerprint density at radius 3 is 2.75 bits per heavy atom. The summed E-state index contributed by atoms with van der Waals surface area (Å²) in [5, 5.41) is 11.8. The Balaban J connectivity index is 2.60. The van der Waals surface area contributed by atoms with Crippen LogP contribution in [0.5, 0.6) is 5.75 Å². The number of hydrogen-bond donors (Lipinski definition) is 2. The van der Waals surface area contributed by atoms with Crippen LogP contribution in [0.3, 0.4) is 0 Å². The first kappa shape index (κ1) is 13.0. The van der Waals surface area contributed by atoms with E-state index in [-0.39, 0.29) is 6.61 Å². The minimum absolute atomic E-state index is 0.187. The first-order valence-corrected chi connectivity index (χ1v) is 5.79. The molecule has 0 spiro atoms. The summed E-state index contributed by atoms with van der Waals surface area (Å²) in [5.41, 5.74) is 2.56. The Morgan fingerprint density at radius 2 is 2.12 bits per heavy atom. The molecule has 0 bridgehead atoms. The maximum Gasteiger partial charge on any atom is 0.122 e. The highest BCUT2D eigenvalue weighted by molar-refractivity contribution is 5.37. The molecule has 90 valence electrons. The molecule has 1 aromatic carbocycles. The number of rotatable bonds is 7. The van der Waals surface area contributed by atoms with E-state index in [1.54, 1.807) is 7.11 Å². The number of hydrogen-bond acceptors (Lipinski definition) is 3. The average Bonchev–Trinajstić information content (AvgIpc) is 2.34. The summed E-state index contributed by atoms with van der Waals surface area (Å²) in [6, 6.07) is 6.32. The predicted octanol–water partition coefficient (Wildman–Crippen LogP) is 1.38. The van der Waals surface area contributed by atoms with E-state index >= 15 is 0 Å². The first-order chi connectivity index (χ1) is 7.81. The van der Waals surface area contributed by atoms with Crippen LogP contribution in [0, 0.1) is 0 Å². The maximum absolute atomic E-state index is 8.66. The quantitative estimate of drug-likeness (QED) is 0.686. The van der Waals surface area contributed by atoms with Crippen LogP contribution in [-0.4, -0.2) is 31.9 Å². The number of nitrogens with one attached hydrogen (secondary N) is 1. The van der Waals surface area contributed by atoms with Crippen molar-refractivity contribution in [2.75, 3.05) is 26.8 Å². The van der Waals surface area contributed by atoms with E-state index < -0.39 is 0 Å². The van der Waals surface area contributed by atoms with Crippen LogP contribution in [0.15, 0.2) is 18.2 Å². The molecule has 0 saturated heterocycles. The van der Waals surface area contributed by atoms with Crippen molar-refractivity contribution < 1.29 is 9.84 Å². The number of methoxy groups -OCH3 is 1. The second-order valence-corrected chi connectivity index (χ2v) is 3.72. The largest absolute Gasteiger partial charge is 0.496 e. The Labute approximate surface area is 97.4 Å². The van der Waals surface area contributed by atoms with Crippen LogP contribution in [0.25, 0.3) is 0 Å². The molecule has 0 heterocycles. The van der Waals surface area contributed by atoms with E-state index in [1.807, 2.05) is 6.07 Å². The SMILES string of the molecule is CCc1ccc(OC)c(CCNCCO)c1. The number of aryl methyl sites for hydroxylation is 1. The zero-order valence-electron chi connectivity index (χ0n) is 10.1. The summed E-state index contributed by atoms with van der Waals surface area (Å²) in [6.07, 6.45) is 1.97. The summed E-state index contributed by atoms with van der Waals surface area (Å²) in [4.78, 5) is 0. The minimum Gasteiger partial charge on any atom is -0.496 e. The summed E-state index contributed by atoms with van der Waals surface area (Å²) in [5.74, 6) is 0.947. The average molecular weight is 223 g/mol. The topological polar surface area (TPSA) is 41.5 Å². The van der Waals surface area contributed by atoms with E-state index in [2.05, 4.69) is 24.4 Å². The van der Waals surface area contributed by atoms with Gasteiger partial charge in [-0.3, -0.25) is 0 Å². The second kappa shape index (κ2) is 7.25. The van der Waals surface area contributed by atoms with Gasteiger partial charge in [-0.1, -0.05) is 19.1 Å². The fourth-order valence-electron chi connectivity index (χ4n) is 1.67. The lowest BCUT2D eigenvalue weighted by atomic mass is 10.1. The van der Waals surface area contributed by atoms with Crippen molar-refractivity contribution in [2.24, 2.45) is 0 Å². The van der Waals surface area contributed by atoms with Gasteiger partial charge in [0.05, 0.1) is 13.7 Å². The van der Waals surface area contributed by atoms with Crippen molar-refractivity contribution in [3.05, 3.63) is 29.3 Å². The van der Waals surface area contributed by atoms with E-state index in [1.165, 1.54) is 11.1 Å². The van der Waals surface area contributed by atoms with Crippen LogP contribution >= 0.6 is 0 Å². The Morgan fingerprint density at radius 1 is 1.31 bits per heavy atom. The molecular formula is C13H21NO2. The van der Waals surface area contributed by atoms with E-state index in [0.29, 0.717) is 6.54 Å². The third-order valence-corrected chi connectivity index (χ3v) is 2.61. The second-order valence-electron chi connectivity index (χ2n) is 3.72. The van der Waals surface area contributed by atoms with Crippen molar-refractivity contribution in [1.29, 1.82) is 0 Å². The Bertz CT molecular complexity index is 313. The van der Waals surface area contributed by atoms with Gasteiger partial charge in [0.1, 0.15) is 5.75 Å². The predicted molar refractivity (Wildman–Crippen MR) is 66.0 cm³/mol. The van der Waals surface area contributed by atoms with Gasteiger partial charge in [0.15, 0.2) is 0 Å². The molecule has 0 saturated carbocycles. The van der Waals surface area contributed by atoms with Gasteiger partial charge in [0.2, 0.25) is 0 Å². The lowest BCUT2D eigenvalue weighted by Gasteiger charge is -2.10. The molecule has 0 aromatic heterocycles. The molecule has 3 heteroatoms. The molecule has 0 radical (unpaired) electrons.